The molecule has 0 amide bonds. The molecule has 0 aliphatic heterocycles. The first kappa shape index (κ1) is 29.1. The standard InChI is InChI=1S/C19H13Cl2N3O2.2C4H9.Sn/c20-12-4-6-18(25)16(8-12)22-10-14-2-1-3-15(24-14)11-23-17-9-13(21)5-7-19(17)26;2*1-3-4-2;/h1-11,25-26H;2*1,3-4H2,2H3;/q;;;+2/p-2. The Kier molecular flexibility index (Phi) is 13.8. The van der Waals surface area contributed by atoms with E-state index in [0.29, 0.717) is 21.4 Å². The van der Waals surface area contributed by atoms with Crippen molar-refractivity contribution in [2.75, 3.05) is 0 Å². The van der Waals surface area contributed by atoms with Crippen LogP contribution in [0.5, 0.6) is 11.5 Å². The molecule has 8 heteroatoms. The molecule has 0 saturated carbocycles. The van der Waals surface area contributed by atoms with Crippen LogP contribution in [0.1, 0.15) is 50.9 Å². The molecule has 0 atom stereocenters. The first-order valence-electron chi connectivity index (χ1n) is 11.6. The Morgan fingerprint density at radius 2 is 1.23 bits per heavy atom. The van der Waals surface area contributed by atoms with Crippen LogP contribution in [0.15, 0.2) is 64.6 Å². The van der Waals surface area contributed by atoms with E-state index in [1.165, 1.54) is 74.5 Å². The summed E-state index contributed by atoms with van der Waals surface area (Å²) < 4.78 is 3.25. The molecule has 0 aliphatic rings. The average molecular weight is 617 g/mol. The van der Waals surface area contributed by atoms with Crippen molar-refractivity contribution in [1.29, 1.82) is 0 Å². The maximum absolute atomic E-state index is 11.7. The number of hydrogen-bond acceptors (Lipinski definition) is 5. The van der Waals surface area contributed by atoms with Gasteiger partial charge in [0.1, 0.15) is 0 Å². The Morgan fingerprint density at radius 1 is 0.771 bits per heavy atom. The van der Waals surface area contributed by atoms with Crippen LogP contribution >= 0.6 is 23.2 Å². The van der Waals surface area contributed by atoms with Gasteiger partial charge in [-0.3, -0.25) is 9.98 Å². The van der Waals surface area contributed by atoms with E-state index in [4.69, 9.17) is 23.2 Å². The van der Waals surface area contributed by atoms with Gasteiger partial charge in [0.2, 0.25) is 0 Å². The van der Waals surface area contributed by atoms with Gasteiger partial charge >= 0.3 is 69.5 Å². The van der Waals surface area contributed by atoms with Crippen molar-refractivity contribution in [2.45, 2.75) is 48.4 Å². The van der Waals surface area contributed by atoms with Crippen molar-refractivity contribution >= 4 is 68.1 Å². The summed E-state index contributed by atoms with van der Waals surface area (Å²) in [5.74, 6) is -0.459. The van der Waals surface area contributed by atoms with Crippen molar-refractivity contribution in [3.63, 3.8) is 0 Å². The number of unbranched alkanes of at least 4 members (excludes halogenated alkanes) is 2. The van der Waals surface area contributed by atoms with E-state index >= 15 is 0 Å². The van der Waals surface area contributed by atoms with Gasteiger partial charge in [-0.25, -0.2) is 4.98 Å². The van der Waals surface area contributed by atoms with Crippen LogP contribution in [0.2, 0.25) is 18.9 Å². The Morgan fingerprint density at radius 3 is 1.66 bits per heavy atom. The summed E-state index contributed by atoms with van der Waals surface area (Å²) in [4.78, 5) is 12.6. The van der Waals surface area contributed by atoms with Crippen LogP contribution in [0, 0.1) is 0 Å². The number of nitrogens with zero attached hydrogens (tertiary/aromatic N) is 3. The monoisotopic (exact) mass is 617 g/mol. The normalized spacial score (nSPS) is 10.9. The van der Waals surface area contributed by atoms with Crippen molar-refractivity contribution in [2.24, 2.45) is 9.98 Å². The molecule has 0 bridgehead atoms. The molecule has 3 rings (SSSR count). The van der Waals surface area contributed by atoms with Gasteiger partial charge in [0, 0.05) is 10.0 Å². The van der Waals surface area contributed by atoms with Gasteiger partial charge in [-0.15, -0.1) is 0 Å². The minimum Gasteiger partial charge on any atom is -0.871 e. The van der Waals surface area contributed by atoms with Gasteiger partial charge in [-0.1, -0.05) is 52.9 Å². The van der Waals surface area contributed by atoms with Crippen molar-refractivity contribution < 1.29 is 10.2 Å². The van der Waals surface area contributed by atoms with E-state index in [1.807, 2.05) is 0 Å². The summed E-state index contributed by atoms with van der Waals surface area (Å²) in [5, 5.41) is 24.3. The van der Waals surface area contributed by atoms with Crippen molar-refractivity contribution in [3.8, 4) is 11.5 Å². The van der Waals surface area contributed by atoms with Crippen LogP contribution in [0.4, 0.5) is 11.4 Å². The van der Waals surface area contributed by atoms with Crippen molar-refractivity contribution in [1.82, 2.24) is 4.98 Å². The minimum absolute atomic E-state index is 0.149. The molecular weight excluding hydrogens is 588 g/mol. The number of pyridine rings is 1. The fourth-order valence-electron chi connectivity index (χ4n) is 2.80. The molecule has 0 aliphatic carbocycles. The fourth-order valence-corrected chi connectivity index (χ4v) is 7.29. The average Bonchev–Trinajstić information content (AvgIpc) is 2.86. The zero-order valence-corrected chi connectivity index (χ0v) is 24.4. The number of hydrogen-bond donors (Lipinski definition) is 0. The van der Waals surface area contributed by atoms with E-state index in [0.717, 1.165) is 0 Å². The van der Waals surface area contributed by atoms with E-state index in [-0.39, 0.29) is 44.0 Å². The topological polar surface area (TPSA) is 83.7 Å². The molecule has 0 unspecified atom stereocenters. The predicted octanol–water partition coefficient (Wildman–Crippen LogP) is 7.16. The second-order valence-electron chi connectivity index (χ2n) is 7.68. The van der Waals surface area contributed by atoms with E-state index in [1.54, 1.807) is 27.1 Å². The Balaban J connectivity index is 0.000000410. The third-order valence-electron chi connectivity index (χ3n) is 4.72. The molecule has 0 fully saturated rings. The molecule has 0 spiro atoms. The largest absolute Gasteiger partial charge is 0.871 e. The van der Waals surface area contributed by atoms with Crippen molar-refractivity contribution in [3.05, 3.63) is 76.0 Å². The number of aliphatic imine (C=N–C) groups is 2. The van der Waals surface area contributed by atoms with Gasteiger partial charge in [0.25, 0.3) is 0 Å². The van der Waals surface area contributed by atoms with Gasteiger partial charge in [0.15, 0.2) is 0 Å². The van der Waals surface area contributed by atoms with Gasteiger partial charge in [-0.2, -0.15) is 0 Å². The van der Waals surface area contributed by atoms with Crippen LogP contribution < -0.4 is 10.2 Å². The molecule has 0 radical (unpaired) electrons. The van der Waals surface area contributed by atoms with Crippen LogP contribution in [0.3, 0.4) is 0 Å². The molecule has 0 N–H and O–H groups in total. The summed E-state index contributed by atoms with van der Waals surface area (Å²) in [6.45, 7) is 4.58. The summed E-state index contributed by atoms with van der Waals surface area (Å²) in [7, 11) is 0. The first-order valence-corrected chi connectivity index (χ1v) is 16.4. The molecular formula is C27H29Cl2N3O2Sn. The zero-order valence-electron chi connectivity index (χ0n) is 20.0. The predicted molar refractivity (Wildman–Crippen MR) is 146 cm³/mol. The first-order chi connectivity index (χ1) is 16.9. The molecule has 2 aromatic carbocycles. The second kappa shape index (κ2) is 16.6. The van der Waals surface area contributed by atoms with E-state index < -0.39 is 0 Å². The molecule has 5 nitrogen and oxygen atoms in total. The van der Waals surface area contributed by atoms with Crippen LogP contribution in [-0.2, 0) is 0 Å². The van der Waals surface area contributed by atoms with Crippen LogP contribution in [0.25, 0.3) is 0 Å². The number of rotatable bonds is 10. The summed E-state index contributed by atoms with van der Waals surface area (Å²) in [5.41, 5.74) is 1.52. The third kappa shape index (κ3) is 11.5. The van der Waals surface area contributed by atoms with E-state index in [9.17, 15) is 10.2 Å². The SMILES string of the molecule is CCC[CH2][Sn+2][CH2]CCC.[O-]c1ccc(Cl)cc1N=Cc1cccc(C=Nc2cc(Cl)ccc2[O-])n1. The second-order valence-corrected chi connectivity index (χ2v) is 12.8. The van der Waals surface area contributed by atoms with Gasteiger partial charge in [-0.05, 0) is 36.4 Å². The molecule has 182 valence electrons. The van der Waals surface area contributed by atoms with Gasteiger partial charge < -0.3 is 10.2 Å². The number of aromatic nitrogens is 1. The molecule has 35 heavy (non-hydrogen) atoms. The molecule has 1 heterocycles. The third-order valence-corrected chi connectivity index (χ3v) is 9.23. The molecule has 1 aromatic heterocycles. The Labute approximate surface area is 228 Å². The summed E-state index contributed by atoms with van der Waals surface area (Å²) in [6, 6.07) is 13.9. The summed E-state index contributed by atoms with van der Waals surface area (Å²) in [6.07, 6.45) is 8.76. The fraction of sp³-hybridized carbons (Fsp3) is 0.296. The zero-order chi connectivity index (χ0) is 25.5. The minimum atomic E-state index is -0.229. The summed E-state index contributed by atoms with van der Waals surface area (Å²) >= 11 is 11.9. The smallest absolute Gasteiger partial charge is 0.0820 e. The maximum Gasteiger partial charge on any atom is 0.0820 e. The molecule has 0 saturated heterocycles. The van der Waals surface area contributed by atoms with Crippen LogP contribution in [-0.4, -0.2) is 38.6 Å². The Hall–Kier alpha value is -2.09. The Bertz CT molecular complexity index is 1040. The quantitative estimate of drug-likeness (QED) is 0.138. The maximum atomic E-state index is 11.7. The van der Waals surface area contributed by atoms with E-state index in [2.05, 4.69) is 28.8 Å². The molecule has 3 aromatic rings. The number of halogens is 2. The van der Waals surface area contributed by atoms with Gasteiger partial charge in [0.05, 0.1) is 35.2 Å². The number of benzene rings is 2.